The van der Waals surface area contributed by atoms with Crippen molar-refractivity contribution >= 4 is 37.5 Å². The highest BCUT2D eigenvalue weighted by Gasteiger charge is 2.06. The molecule has 0 aliphatic heterocycles. The molecule has 5 nitrogen and oxygen atoms in total. The van der Waals surface area contributed by atoms with Gasteiger partial charge in [0.15, 0.2) is 5.82 Å². The Balaban J connectivity index is 1.81. The molecule has 0 amide bonds. The lowest BCUT2D eigenvalue weighted by molar-refractivity contribution is 0.844. The number of anilines is 1. The van der Waals surface area contributed by atoms with Gasteiger partial charge in [0, 0.05) is 21.7 Å². The molecule has 0 aliphatic rings. The molecular formula is C14H11Br2N5. The zero-order valence-electron chi connectivity index (χ0n) is 10.9. The molecule has 0 saturated heterocycles. The van der Waals surface area contributed by atoms with Crippen molar-refractivity contribution in [2.24, 2.45) is 0 Å². The van der Waals surface area contributed by atoms with Crippen LogP contribution < -0.4 is 5.32 Å². The van der Waals surface area contributed by atoms with E-state index < -0.39 is 0 Å². The maximum Gasteiger partial charge on any atom is 0.178 e. The van der Waals surface area contributed by atoms with Crippen molar-refractivity contribution in [2.45, 2.75) is 6.54 Å². The monoisotopic (exact) mass is 407 g/mol. The Morgan fingerprint density at radius 1 is 1.14 bits per heavy atom. The first-order chi connectivity index (χ1) is 10.2. The van der Waals surface area contributed by atoms with E-state index in [0.717, 1.165) is 20.5 Å². The number of hydrogen-bond donors (Lipinski definition) is 1. The third-order valence-corrected chi connectivity index (χ3v) is 4.77. The Morgan fingerprint density at radius 2 is 2.05 bits per heavy atom. The van der Waals surface area contributed by atoms with Crippen LogP contribution in [0.15, 0.2) is 58.1 Å². The average molecular weight is 409 g/mol. The fourth-order valence-corrected chi connectivity index (χ4v) is 2.55. The van der Waals surface area contributed by atoms with Crippen molar-refractivity contribution in [1.29, 1.82) is 0 Å². The Labute approximate surface area is 138 Å². The second-order valence-corrected chi connectivity index (χ2v) is 6.03. The van der Waals surface area contributed by atoms with Gasteiger partial charge >= 0.3 is 0 Å². The number of benzene rings is 1. The summed E-state index contributed by atoms with van der Waals surface area (Å²) in [6.45, 7) is 0.694. The summed E-state index contributed by atoms with van der Waals surface area (Å²) in [6.07, 6.45) is 4.85. The summed E-state index contributed by atoms with van der Waals surface area (Å²) in [6, 6.07) is 10.0. The van der Waals surface area contributed by atoms with Crippen LogP contribution in [0.2, 0.25) is 0 Å². The van der Waals surface area contributed by atoms with E-state index in [1.807, 2.05) is 18.2 Å². The van der Waals surface area contributed by atoms with Gasteiger partial charge in [-0.05, 0) is 61.7 Å². The lowest BCUT2D eigenvalue weighted by atomic mass is 10.2. The molecule has 21 heavy (non-hydrogen) atoms. The number of halogens is 2. The SMILES string of the molecule is Brc1ccc(CNc2cccnc2-n2cncn2)cc1Br. The zero-order valence-corrected chi connectivity index (χ0v) is 14.0. The molecule has 0 saturated carbocycles. The van der Waals surface area contributed by atoms with E-state index in [4.69, 9.17) is 0 Å². The van der Waals surface area contributed by atoms with Crippen LogP contribution >= 0.6 is 31.9 Å². The minimum atomic E-state index is 0.694. The van der Waals surface area contributed by atoms with Crippen molar-refractivity contribution in [3.63, 3.8) is 0 Å². The third kappa shape index (κ3) is 3.30. The Bertz CT molecular complexity index is 743. The van der Waals surface area contributed by atoms with Crippen LogP contribution in [0.1, 0.15) is 5.56 Å². The summed E-state index contributed by atoms with van der Waals surface area (Å²) >= 11 is 6.98. The molecule has 2 heterocycles. The van der Waals surface area contributed by atoms with Gasteiger partial charge in [-0.1, -0.05) is 6.07 Å². The number of hydrogen-bond acceptors (Lipinski definition) is 4. The third-order valence-electron chi connectivity index (χ3n) is 2.89. The first kappa shape index (κ1) is 14.2. The minimum absolute atomic E-state index is 0.694. The van der Waals surface area contributed by atoms with E-state index >= 15 is 0 Å². The average Bonchev–Trinajstić information content (AvgIpc) is 3.03. The second kappa shape index (κ2) is 6.36. The van der Waals surface area contributed by atoms with Crippen LogP contribution in [-0.2, 0) is 6.54 Å². The molecule has 1 N–H and O–H groups in total. The fraction of sp³-hybridized carbons (Fsp3) is 0.0714. The maximum absolute atomic E-state index is 4.35. The van der Waals surface area contributed by atoms with E-state index in [1.54, 1.807) is 17.2 Å². The van der Waals surface area contributed by atoms with Gasteiger partial charge < -0.3 is 5.32 Å². The predicted octanol–water partition coefficient (Wildman–Crippen LogP) is 3.80. The highest BCUT2D eigenvalue weighted by atomic mass is 79.9. The van der Waals surface area contributed by atoms with Gasteiger partial charge in [-0.15, -0.1) is 0 Å². The van der Waals surface area contributed by atoms with Gasteiger partial charge in [0.25, 0.3) is 0 Å². The summed E-state index contributed by atoms with van der Waals surface area (Å²) in [5.41, 5.74) is 2.07. The molecule has 2 aromatic heterocycles. The number of pyridine rings is 1. The number of nitrogens with one attached hydrogen (secondary N) is 1. The molecule has 0 unspecified atom stereocenters. The van der Waals surface area contributed by atoms with Crippen molar-refractivity contribution in [1.82, 2.24) is 19.7 Å². The van der Waals surface area contributed by atoms with Crippen LogP contribution in [0.5, 0.6) is 0 Å². The van der Waals surface area contributed by atoms with E-state index in [-0.39, 0.29) is 0 Å². The summed E-state index contributed by atoms with van der Waals surface area (Å²) in [5, 5.41) is 7.49. The Hall–Kier alpha value is -1.73. The summed E-state index contributed by atoms with van der Waals surface area (Å²) in [4.78, 5) is 8.30. The molecule has 7 heteroatoms. The quantitative estimate of drug-likeness (QED) is 0.713. The van der Waals surface area contributed by atoms with Gasteiger partial charge in [0.05, 0.1) is 5.69 Å². The Kier molecular flexibility index (Phi) is 4.31. The second-order valence-electron chi connectivity index (χ2n) is 4.32. The Morgan fingerprint density at radius 3 is 2.81 bits per heavy atom. The molecule has 106 valence electrons. The van der Waals surface area contributed by atoms with E-state index in [2.05, 4.69) is 64.4 Å². The largest absolute Gasteiger partial charge is 0.378 e. The number of aromatic nitrogens is 4. The normalized spacial score (nSPS) is 10.6. The standard InChI is InChI=1S/C14H11Br2N5/c15-11-4-3-10(6-12(11)16)7-19-13-2-1-5-18-14(13)21-9-17-8-20-21/h1-6,8-9,19H,7H2. The van der Waals surface area contributed by atoms with Gasteiger partial charge in [0.1, 0.15) is 12.7 Å². The number of rotatable bonds is 4. The number of nitrogens with zero attached hydrogens (tertiary/aromatic N) is 4. The van der Waals surface area contributed by atoms with Crippen LogP contribution in [0.4, 0.5) is 5.69 Å². The topological polar surface area (TPSA) is 55.6 Å². The fourth-order valence-electron chi connectivity index (χ4n) is 1.88. The van der Waals surface area contributed by atoms with E-state index in [1.165, 1.54) is 11.9 Å². The first-order valence-electron chi connectivity index (χ1n) is 6.22. The minimum Gasteiger partial charge on any atom is -0.378 e. The van der Waals surface area contributed by atoms with E-state index in [0.29, 0.717) is 6.54 Å². The lowest BCUT2D eigenvalue weighted by Crippen LogP contribution is -2.06. The molecular weight excluding hydrogens is 398 g/mol. The highest BCUT2D eigenvalue weighted by molar-refractivity contribution is 9.13. The summed E-state index contributed by atoms with van der Waals surface area (Å²) in [5.74, 6) is 0.728. The van der Waals surface area contributed by atoms with Gasteiger partial charge in [0.2, 0.25) is 0 Å². The van der Waals surface area contributed by atoms with Crippen molar-refractivity contribution in [2.75, 3.05) is 5.32 Å². The molecule has 0 spiro atoms. The van der Waals surface area contributed by atoms with Crippen LogP contribution in [0.3, 0.4) is 0 Å². The van der Waals surface area contributed by atoms with Crippen molar-refractivity contribution in [3.8, 4) is 5.82 Å². The smallest absolute Gasteiger partial charge is 0.178 e. The zero-order chi connectivity index (χ0) is 14.7. The van der Waals surface area contributed by atoms with E-state index in [9.17, 15) is 0 Å². The van der Waals surface area contributed by atoms with Crippen molar-refractivity contribution < 1.29 is 0 Å². The molecule has 0 aliphatic carbocycles. The van der Waals surface area contributed by atoms with Crippen LogP contribution in [0.25, 0.3) is 5.82 Å². The molecule has 3 aromatic rings. The predicted molar refractivity (Wildman–Crippen MR) is 88.3 cm³/mol. The van der Waals surface area contributed by atoms with Gasteiger partial charge in [-0.25, -0.2) is 14.6 Å². The molecule has 0 bridgehead atoms. The van der Waals surface area contributed by atoms with Crippen molar-refractivity contribution in [3.05, 3.63) is 63.7 Å². The van der Waals surface area contributed by atoms with Gasteiger partial charge in [-0.2, -0.15) is 5.10 Å². The molecule has 1 aromatic carbocycles. The highest BCUT2D eigenvalue weighted by Crippen LogP contribution is 2.24. The molecule has 0 radical (unpaired) electrons. The van der Waals surface area contributed by atoms with Crippen LogP contribution in [0, 0.1) is 0 Å². The van der Waals surface area contributed by atoms with Crippen LogP contribution in [-0.4, -0.2) is 19.7 Å². The molecule has 3 rings (SSSR count). The summed E-state index contributed by atoms with van der Waals surface area (Å²) in [7, 11) is 0. The first-order valence-corrected chi connectivity index (χ1v) is 7.80. The molecule has 0 atom stereocenters. The molecule has 0 fully saturated rings. The summed E-state index contributed by atoms with van der Waals surface area (Å²) < 4.78 is 3.71. The lowest BCUT2D eigenvalue weighted by Gasteiger charge is -2.11. The van der Waals surface area contributed by atoms with Gasteiger partial charge in [-0.3, -0.25) is 0 Å². The maximum atomic E-state index is 4.35.